The molecule has 3 heteroatoms. The lowest BCUT2D eigenvalue weighted by Gasteiger charge is -2.38. The molecular formula is C16H32N2S. The molecule has 0 bridgehead atoms. The smallest absolute Gasteiger partial charge is 0.0303 e. The van der Waals surface area contributed by atoms with Crippen LogP contribution in [0, 0.1) is 0 Å². The molecule has 2 fully saturated rings. The quantitative estimate of drug-likeness (QED) is 0.831. The van der Waals surface area contributed by atoms with Crippen molar-refractivity contribution >= 4 is 11.8 Å². The molecule has 1 aliphatic heterocycles. The summed E-state index contributed by atoms with van der Waals surface area (Å²) in [6.45, 7) is 10.8. The van der Waals surface area contributed by atoms with E-state index in [0.717, 1.165) is 11.3 Å². The summed E-state index contributed by atoms with van der Waals surface area (Å²) in [6, 6.07) is 0.862. The molecule has 2 atom stereocenters. The SMILES string of the molecule is CCSC1CCC(N2CCCNC(CC)(CC)C2)C1. The second-order valence-corrected chi connectivity index (χ2v) is 7.86. The minimum atomic E-state index is 0.381. The van der Waals surface area contributed by atoms with Crippen molar-refractivity contribution in [1.29, 1.82) is 0 Å². The fourth-order valence-corrected chi connectivity index (χ4v) is 4.96. The van der Waals surface area contributed by atoms with Crippen molar-refractivity contribution in [3.63, 3.8) is 0 Å². The molecular weight excluding hydrogens is 252 g/mol. The summed E-state index contributed by atoms with van der Waals surface area (Å²) in [7, 11) is 0. The first-order chi connectivity index (χ1) is 9.23. The van der Waals surface area contributed by atoms with E-state index in [1.54, 1.807) is 0 Å². The van der Waals surface area contributed by atoms with Crippen molar-refractivity contribution in [2.24, 2.45) is 0 Å². The van der Waals surface area contributed by atoms with Crippen LogP contribution in [0.1, 0.15) is 59.3 Å². The van der Waals surface area contributed by atoms with Gasteiger partial charge >= 0.3 is 0 Å². The first-order valence-electron chi connectivity index (χ1n) is 8.33. The fourth-order valence-electron chi connectivity index (χ4n) is 3.83. The summed E-state index contributed by atoms with van der Waals surface area (Å²) in [6.07, 6.45) is 8.16. The van der Waals surface area contributed by atoms with Gasteiger partial charge in [0.1, 0.15) is 0 Å². The maximum Gasteiger partial charge on any atom is 0.0303 e. The van der Waals surface area contributed by atoms with Crippen LogP contribution in [0.25, 0.3) is 0 Å². The van der Waals surface area contributed by atoms with Crippen molar-refractivity contribution in [2.45, 2.75) is 76.1 Å². The van der Waals surface area contributed by atoms with Crippen LogP contribution in [0.4, 0.5) is 0 Å². The van der Waals surface area contributed by atoms with Crippen molar-refractivity contribution in [3.05, 3.63) is 0 Å². The van der Waals surface area contributed by atoms with Crippen LogP contribution < -0.4 is 5.32 Å². The summed E-state index contributed by atoms with van der Waals surface area (Å²) in [5.74, 6) is 1.28. The van der Waals surface area contributed by atoms with Gasteiger partial charge in [0.05, 0.1) is 0 Å². The molecule has 0 aromatic carbocycles. The van der Waals surface area contributed by atoms with Gasteiger partial charge in [-0.05, 0) is 57.4 Å². The highest BCUT2D eigenvalue weighted by atomic mass is 32.2. The molecule has 112 valence electrons. The zero-order valence-electron chi connectivity index (χ0n) is 13.1. The van der Waals surface area contributed by atoms with Gasteiger partial charge < -0.3 is 5.32 Å². The Kier molecular flexibility index (Phi) is 6.04. The van der Waals surface area contributed by atoms with Gasteiger partial charge in [-0.1, -0.05) is 20.8 Å². The summed E-state index contributed by atoms with van der Waals surface area (Å²) in [4.78, 5) is 2.82. The van der Waals surface area contributed by atoms with E-state index in [4.69, 9.17) is 0 Å². The highest BCUT2D eigenvalue weighted by Gasteiger charge is 2.36. The largest absolute Gasteiger partial charge is 0.310 e. The van der Waals surface area contributed by atoms with Crippen LogP contribution in [0.2, 0.25) is 0 Å². The van der Waals surface area contributed by atoms with Gasteiger partial charge in [0.25, 0.3) is 0 Å². The highest BCUT2D eigenvalue weighted by Crippen LogP contribution is 2.34. The Hall–Kier alpha value is 0.270. The zero-order chi connectivity index (χ0) is 13.7. The standard InChI is InChI=1S/C16H32N2S/c1-4-16(5-2)13-18(11-7-10-17-16)14-8-9-15(12-14)19-6-3/h14-15,17H,4-13H2,1-3H3. The number of nitrogens with one attached hydrogen (secondary N) is 1. The molecule has 1 aliphatic carbocycles. The van der Waals surface area contributed by atoms with E-state index >= 15 is 0 Å². The van der Waals surface area contributed by atoms with Crippen molar-refractivity contribution in [2.75, 3.05) is 25.4 Å². The predicted molar refractivity (Wildman–Crippen MR) is 87.1 cm³/mol. The van der Waals surface area contributed by atoms with Crippen molar-refractivity contribution in [3.8, 4) is 0 Å². The van der Waals surface area contributed by atoms with Gasteiger partial charge in [-0.15, -0.1) is 0 Å². The third-order valence-electron chi connectivity index (χ3n) is 5.26. The Morgan fingerprint density at radius 1 is 1.21 bits per heavy atom. The first-order valence-corrected chi connectivity index (χ1v) is 9.38. The van der Waals surface area contributed by atoms with Gasteiger partial charge in [0.2, 0.25) is 0 Å². The monoisotopic (exact) mass is 284 g/mol. The van der Waals surface area contributed by atoms with Gasteiger partial charge in [0.15, 0.2) is 0 Å². The van der Waals surface area contributed by atoms with E-state index in [-0.39, 0.29) is 0 Å². The molecule has 0 amide bonds. The van der Waals surface area contributed by atoms with Crippen LogP contribution in [-0.2, 0) is 0 Å². The number of thioether (sulfide) groups is 1. The third kappa shape index (κ3) is 3.89. The molecule has 0 spiro atoms. The predicted octanol–water partition coefficient (Wildman–Crippen LogP) is 3.51. The van der Waals surface area contributed by atoms with E-state index in [2.05, 4.69) is 42.7 Å². The van der Waals surface area contributed by atoms with Crippen LogP contribution in [0.3, 0.4) is 0 Å². The van der Waals surface area contributed by atoms with Crippen LogP contribution in [0.5, 0.6) is 0 Å². The fraction of sp³-hybridized carbons (Fsp3) is 1.00. The lowest BCUT2D eigenvalue weighted by molar-refractivity contribution is 0.150. The molecule has 1 heterocycles. The Bertz CT molecular complexity index is 265. The number of hydrogen-bond acceptors (Lipinski definition) is 3. The first kappa shape index (κ1) is 15.7. The van der Waals surface area contributed by atoms with E-state index in [1.807, 2.05) is 0 Å². The summed E-state index contributed by atoms with van der Waals surface area (Å²) in [5, 5.41) is 4.77. The van der Waals surface area contributed by atoms with Gasteiger partial charge in [-0.3, -0.25) is 4.90 Å². The maximum absolute atomic E-state index is 3.84. The lowest BCUT2D eigenvalue weighted by Crippen LogP contribution is -2.52. The lowest BCUT2D eigenvalue weighted by atomic mass is 9.92. The molecule has 0 radical (unpaired) electrons. The van der Waals surface area contributed by atoms with Gasteiger partial charge in [0, 0.05) is 23.4 Å². The molecule has 1 saturated carbocycles. The van der Waals surface area contributed by atoms with Crippen molar-refractivity contribution in [1.82, 2.24) is 10.2 Å². The van der Waals surface area contributed by atoms with Gasteiger partial charge in [-0.25, -0.2) is 0 Å². The Labute approximate surface area is 124 Å². The second kappa shape index (κ2) is 7.33. The Morgan fingerprint density at radius 3 is 2.68 bits per heavy atom. The van der Waals surface area contributed by atoms with E-state index in [1.165, 1.54) is 63.9 Å². The molecule has 19 heavy (non-hydrogen) atoms. The molecule has 0 aromatic heterocycles. The van der Waals surface area contributed by atoms with Crippen LogP contribution in [-0.4, -0.2) is 47.1 Å². The molecule has 2 rings (SSSR count). The topological polar surface area (TPSA) is 15.3 Å². The minimum Gasteiger partial charge on any atom is -0.310 e. The Balaban J connectivity index is 1.95. The highest BCUT2D eigenvalue weighted by molar-refractivity contribution is 7.99. The summed E-state index contributed by atoms with van der Waals surface area (Å²) >= 11 is 2.18. The van der Waals surface area contributed by atoms with Crippen molar-refractivity contribution < 1.29 is 0 Å². The van der Waals surface area contributed by atoms with E-state index in [9.17, 15) is 0 Å². The number of rotatable bonds is 5. The number of nitrogens with zero attached hydrogens (tertiary/aromatic N) is 1. The van der Waals surface area contributed by atoms with Crippen LogP contribution in [0.15, 0.2) is 0 Å². The van der Waals surface area contributed by atoms with E-state index < -0.39 is 0 Å². The third-order valence-corrected chi connectivity index (χ3v) is 6.49. The van der Waals surface area contributed by atoms with E-state index in [0.29, 0.717) is 5.54 Å². The van der Waals surface area contributed by atoms with Crippen LogP contribution >= 0.6 is 11.8 Å². The van der Waals surface area contributed by atoms with Gasteiger partial charge in [-0.2, -0.15) is 11.8 Å². The molecule has 1 saturated heterocycles. The molecule has 2 aliphatic rings. The molecule has 2 unspecified atom stereocenters. The second-order valence-electron chi connectivity index (χ2n) is 6.28. The molecule has 1 N–H and O–H groups in total. The Morgan fingerprint density at radius 2 is 2.00 bits per heavy atom. The summed E-state index contributed by atoms with van der Waals surface area (Å²) in [5.41, 5.74) is 0.381. The molecule has 0 aromatic rings. The molecule has 2 nitrogen and oxygen atoms in total. The average Bonchev–Trinajstić information content (AvgIpc) is 2.78. The summed E-state index contributed by atoms with van der Waals surface area (Å²) < 4.78 is 0. The average molecular weight is 285 g/mol. The normalized spacial score (nSPS) is 32.4. The zero-order valence-corrected chi connectivity index (χ0v) is 13.9. The number of hydrogen-bond donors (Lipinski definition) is 1. The minimum absolute atomic E-state index is 0.381. The maximum atomic E-state index is 3.84.